The molecule has 1 aliphatic heterocycles. The van der Waals surface area contributed by atoms with Crippen molar-refractivity contribution in [2.75, 3.05) is 13.2 Å². The molecule has 1 unspecified atom stereocenters. The third-order valence-electron chi connectivity index (χ3n) is 1.75. The quantitative estimate of drug-likeness (QED) is 0.663. The molecule has 1 rings (SSSR count). The predicted molar refractivity (Wildman–Crippen MR) is 43.8 cm³/mol. The summed E-state index contributed by atoms with van der Waals surface area (Å²) in [5.74, 6) is 0.795. The molecule has 0 saturated heterocycles. The highest BCUT2D eigenvalue weighted by Gasteiger charge is 2.30. The van der Waals surface area contributed by atoms with E-state index < -0.39 is 0 Å². The molecule has 0 saturated carbocycles. The van der Waals surface area contributed by atoms with Crippen LogP contribution in [0.4, 0.5) is 0 Å². The Labute approximate surface area is 67.1 Å². The van der Waals surface area contributed by atoms with E-state index in [1.54, 1.807) is 0 Å². The fourth-order valence-corrected chi connectivity index (χ4v) is 1.03. The molecule has 0 bridgehead atoms. The Kier molecular flexibility index (Phi) is 2.49. The van der Waals surface area contributed by atoms with Gasteiger partial charge in [-0.2, -0.15) is 0 Å². The summed E-state index contributed by atoms with van der Waals surface area (Å²) in [5, 5.41) is 8.92. The first-order chi connectivity index (χ1) is 5.20. The van der Waals surface area contributed by atoms with Crippen molar-refractivity contribution in [2.24, 2.45) is 4.99 Å². The van der Waals surface area contributed by atoms with E-state index in [2.05, 4.69) is 11.9 Å². The Morgan fingerprint density at radius 1 is 1.73 bits per heavy atom. The Hall–Kier alpha value is -0.570. The molecular weight excluding hydrogens is 142 g/mol. The Balaban J connectivity index is 2.53. The SMILES string of the molecule is CCCC1=NC(C)(CO)CO1. The number of rotatable bonds is 3. The molecule has 0 spiro atoms. The van der Waals surface area contributed by atoms with Gasteiger partial charge in [-0.25, -0.2) is 4.99 Å². The summed E-state index contributed by atoms with van der Waals surface area (Å²) >= 11 is 0. The highest BCUT2D eigenvalue weighted by Crippen LogP contribution is 2.18. The molecule has 64 valence electrons. The lowest BCUT2D eigenvalue weighted by Crippen LogP contribution is -2.28. The molecule has 0 aromatic rings. The van der Waals surface area contributed by atoms with Crippen LogP contribution in [-0.2, 0) is 4.74 Å². The maximum atomic E-state index is 8.92. The minimum absolute atomic E-state index is 0.0697. The lowest BCUT2D eigenvalue weighted by atomic mass is 10.1. The van der Waals surface area contributed by atoms with Crippen molar-refractivity contribution in [1.82, 2.24) is 0 Å². The van der Waals surface area contributed by atoms with Crippen molar-refractivity contribution in [2.45, 2.75) is 32.2 Å². The highest BCUT2D eigenvalue weighted by molar-refractivity contribution is 5.78. The number of aliphatic imine (C=N–C) groups is 1. The zero-order valence-corrected chi connectivity index (χ0v) is 7.13. The van der Waals surface area contributed by atoms with Gasteiger partial charge in [-0.1, -0.05) is 6.92 Å². The molecule has 0 radical (unpaired) electrons. The zero-order chi connectivity index (χ0) is 8.32. The first-order valence-electron chi connectivity index (χ1n) is 4.02. The molecule has 0 amide bonds. The molecule has 0 fully saturated rings. The van der Waals surface area contributed by atoms with Crippen LogP contribution in [0, 0.1) is 0 Å². The molecule has 11 heavy (non-hydrogen) atoms. The summed E-state index contributed by atoms with van der Waals surface area (Å²) in [6, 6.07) is 0. The number of ether oxygens (including phenoxy) is 1. The summed E-state index contributed by atoms with van der Waals surface area (Å²) < 4.78 is 5.29. The minimum atomic E-state index is -0.371. The zero-order valence-electron chi connectivity index (χ0n) is 7.13. The molecule has 1 atom stereocenters. The van der Waals surface area contributed by atoms with Crippen molar-refractivity contribution in [3.05, 3.63) is 0 Å². The predicted octanol–water partition coefficient (Wildman–Crippen LogP) is 0.966. The fourth-order valence-electron chi connectivity index (χ4n) is 1.03. The number of aliphatic hydroxyl groups excluding tert-OH is 1. The lowest BCUT2D eigenvalue weighted by molar-refractivity contribution is 0.169. The van der Waals surface area contributed by atoms with Crippen molar-refractivity contribution in [1.29, 1.82) is 0 Å². The first-order valence-corrected chi connectivity index (χ1v) is 4.02. The van der Waals surface area contributed by atoms with Gasteiger partial charge < -0.3 is 9.84 Å². The smallest absolute Gasteiger partial charge is 0.184 e. The van der Waals surface area contributed by atoms with Crippen molar-refractivity contribution in [3.63, 3.8) is 0 Å². The van der Waals surface area contributed by atoms with E-state index in [0.717, 1.165) is 18.7 Å². The number of aliphatic hydroxyl groups is 1. The maximum Gasteiger partial charge on any atom is 0.184 e. The van der Waals surface area contributed by atoms with Gasteiger partial charge in [-0.3, -0.25) is 0 Å². The second-order valence-corrected chi connectivity index (χ2v) is 3.20. The average Bonchev–Trinajstić information content (AvgIpc) is 2.35. The topological polar surface area (TPSA) is 41.8 Å². The van der Waals surface area contributed by atoms with Gasteiger partial charge in [-0.15, -0.1) is 0 Å². The molecular formula is C8H15NO2. The third kappa shape index (κ3) is 1.93. The van der Waals surface area contributed by atoms with Gasteiger partial charge in [0.25, 0.3) is 0 Å². The maximum absolute atomic E-state index is 8.92. The summed E-state index contributed by atoms with van der Waals surface area (Å²) in [7, 11) is 0. The molecule has 3 nitrogen and oxygen atoms in total. The molecule has 3 heteroatoms. The molecule has 0 aromatic carbocycles. The second-order valence-electron chi connectivity index (χ2n) is 3.20. The summed E-state index contributed by atoms with van der Waals surface area (Å²) in [4.78, 5) is 4.27. The first kappa shape index (κ1) is 8.53. The molecule has 1 heterocycles. The van der Waals surface area contributed by atoms with E-state index in [0.29, 0.717) is 6.61 Å². The van der Waals surface area contributed by atoms with E-state index >= 15 is 0 Å². The summed E-state index contributed by atoms with van der Waals surface area (Å²) in [5.41, 5.74) is -0.371. The van der Waals surface area contributed by atoms with Crippen LogP contribution >= 0.6 is 0 Å². The van der Waals surface area contributed by atoms with Gasteiger partial charge >= 0.3 is 0 Å². The minimum Gasteiger partial charge on any atom is -0.478 e. The molecule has 0 aliphatic carbocycles. The van der Waals surface area contributed by atoms with E-state index in [4.69, 9.17) is 9.84 Å². The van der Waals surface area contributed by atoms with E-state index in [-0.39, 0.29) is 12.1 Å². The van der Waals surface area contributed by atoms with Gasteiger partial charge in [0.15, 0.2) is 5.90 Å². The summed E-state index contributed by atoms with van der Waals surface area (Å²) in [6.45, 7) is 4.58. The van der Waals surface area contributed by atoms with Crippen molar-refractivity contribution in [3.8, 4) is 0 Å². The van der Waals surface area contributed by atoms with Gasteiger partial charge in [0.1, 0.15) is 12.1 Å². The van der Waals surface area contributed by atoms with Gasteiger partial charge in [0, 0.05) is 6.42 Å². The fraction of sp³-hybridized carbons (Fsp3) is 0.875. The Bertz CT molecular complexity index is 167. The lowest BCUT2D eigenvalue weighted by Gasteiger charge is -2.12. The van der Waals surface area contributed by atoms with Crippen LogP contribution in [0.2, 0.25) is 0 Å². The van der Waals surface area contributed by atoms with Gasteiger partial charge in [0.05, 0.1) is 6.61 Å². The van der Waals surface area contributed by atoms with Crippen LogP contribution in [0.3, 0.4) is 0 Å². The van der Waals surface area contributed by atoms with E-state index in [1.165, 1.54) is 0 Å². The second kappa shape index (κ2) is 3.22. The van der Waals surface area contributed by atoms with Crippen LogP contribution < -0.4 is 0 Å². The van der Waals surface area contributed by atoms with Crippen LogP contribution in [0.15, 0.2) is 4.99 Å². The van der Waals surface area contributed by atoms with E-state index in [1.807, 2.05) is 6.92 Å². The number of hydrogen-bond acceptors (Lipinski definition) is 3. The van der Waals surface area contributed by atoms with Crippen molar-refractivity contribution < 1.29 is 9.84 Å². The van der Waals surface area contributed by atoms with Gasteiger partial charge in [-0.05, 0) is 13.3 Å². The van der Waals surface area contributed by atoms with E-state index in [9.17, 15) is 0 Å². The number of nitrogens with zero attached hydrogens (tertiary/aromatic N) is 1. The van der Waals surface area contributed by atoms with Gasteiger partial charge in [0.2, 0.25) is 0 Å². The summed E-state index contributed by atoms with van der Waals surface area (Å²) in [6.07, 6.45) is 1.93. The van der Waals surface area contributed by atoms with Crippen LogP contribution in [0.1, 0.15) is 26.7 Å². The third-order valence-corrected chi connectivity index (χ3v) is 1.75. The monoisotopic (exact) mass is 157 g/mol. The molecule has 0 aromatic heterocycles. The van der Waals surface area contributed by atoms with Crippen LogP contribution in [0.25, 0.3) is 0 Å². The average molecular weight is 157 g/mol. The molecule has 1 N–H and O–H groups in total. The standard InChI is InChI=1S/C8H15NO2/c1-3-4-7-9-8(2,5-10)6-11-7/h10H,3-6H2,1-2H3. The van der Waals surface area contributed by atoms with Crippen LogP contribution in [0.5, 0.6) is 0 Å². The van der Waals surface area contributed by atoms with Crippen LogP contribution in [-0.4, -0.2) is 29.8 Å². The van der Waals surface area contributed by atoms with Crippen molar-refractivity contribution >= 4 is 5.90 Å². The normalized spacial score (nSPS) is 29.9. The Morgan fingerprint density at radius 3 is 2.91 bits per heavy atom. The largest absolute Gasteiger partial charge is 0.478 e. The Morgan fingerprint density at radius 2 is 2.45 bits per heavy atom. The number of hydrogen-bond donors (Lipinski definition) is 1. The molecule has 1 aliphatic rings. The highest BCUT2D eigenvalue weighted by atomic mass is 16.5.